The Morgan fingerprint density at radius 3 is 1.18 bits per heavy atom. The van der Waals surface area contributed by atoms with Crippen molar-refractivity contribution in [1.29, 1.82) is 0 Å². The van der Waals surface area contributed by atoms with Crippen molar-refractivity contribution in [1.82, 2.24) is 0 Å². The lowest BCUT2D eigenvalue weighted by molar-refractivity contribution is -0.0236. The van der Waals surface area contributed by atoms with Gasteiger partial charge in [-0.15, -0.1) is 11.6 Å². The summed E-state index contributed by atoms with van der Waals surface area (Å²) < 4.78 is 49.3. The van der Waals surface area contributed by atoms with E-state index in [1.165, 1.54) is 12.8 Å². The number of carbonyl (C=O) groups excluding carboxylic acids is 1. The molecule has 0 bridgehead atoms. The van der Waals surface area contributed by atoms with E-state index in [4.69, 9.17) is 54.2 Å². The molecular weight excluding hydrogens is 544 g/mol. The average molecular weight is 593 g/mol. The maximum Gasteiger partial charge on any atom is 0.150 e. The predicted molar refractivity (Wildman–Crippen MR) is 153 cm³/mol. The third-order valence-corrected chi connectivity index (χ3v) is 5.56. The highest BCUT2D eigenvalue weighted by Crippen LogP contribution is 2.10. The average Bonchev–Trinajstić information content (AvgIpc) is 2.98. The van der Waals surface area contributed by atoms with Crippen molar-refractivity contribution in [2.24, 2.45) is 0 Å². The quantitative estimate of drug-likeness (QED) is 0.0697. The SMILES string of the molecule is O=Cc1ccc(OCCOCCOCCOCCOCCOCCOCCOCCOCCCCCCCl)cc1. The molecule has 40 heavy (non-hydrogen) atoms. The standard InChI is InChI=1S/C29H49ClO10/c30-9-3-1-2-4-10-32-11-12-33-13-14-34-15-16-35-17-18-36-19-20-37-21-22-38-23-24-39-25-26-40-29-7-5-28(27-31)6-8-29/h5-8,27H,1-4,9-26H2. The normalized spacial score (nSPS) is 11.2. The first kappa shape index (κ1) is 36.7. The second-order valence-electron chi connectivity index (χ2n) is 8.54. The smallest absolute Gasteiger partial charge is 0.150 e. The van der Waals surface area contributed by atoms with Gasteiger partial charge in [-0.05, 0) is 37.1 Å². The summed E-state index contributed by atoms with van der Waals surface area (Å²) in [4.78, 5) is 10.6. The molecule has 0 aromatic heterocycles. The minimum atomic E-state index is 0.436. The fraction of sp³-hybridized carbons (Fsp3) is 0.759. The minimum Gasteiger partial charge on any atom is -0.491 e. The first-order valence-corrected chi connectivity index (χ1v) is 14.8. The first-order valence-electron chi connectivity index (χ1n) is 14.2. The largest absolute Gasteiger partial charge is 0.491 e. The molecule has 232 valence electrons. The summed E-state index contributed by atoms with van der Waals surface area (Å²) >= 11 is 5.64. The Bertz CT molecular complexity index is 650. The molecule has 11 heteroatoms. The van der Waals surface area contributed by atoms with E-state index in [0.717, 1.165) is 31.6 Å². The second-order valence-corrected chi connectivity index (χ2v) is 8.92. The molecule has 0 unspecified atom stereocenters. The van der Waals surface area contributed by atoms with E-state index in [1.54, 1.807) is 24.3 Å². The lowest BCUT2D eigenvalue weighted by atomic mass is 10.2. The van der Waals surface area contributed by atoms with E-state index < -0.39 is 0 Å². The van der Waals surface area contributed by atoms with Gasteiger partial charge in [0.15, 0.2) is 0 Å². The number of aldehydes is 1. The van der Waals surface area contributed by atoms with Gasteiger partial charge >= 0.3 is 0 Å². The molecule has 0 saturated carbocycles. The van der Waals surface area contributed by atoms with Crippen molar-refractivity contribution >= 4 is 17.9 Å². The van der Waals surface area contributed by atoms with E-state index in [1.807, 2.05) is 0 Å². The van der Waals surface area contributed by atoms with Gasteiger partial charge in [-0.3, -0.25) is 4.79 Å². The first-order chi connectivity index (χ1) is 19.9. The van der Waals surface area contributed by atoms with Gasteiger partial charge in [0.1, 0.15) is 18.6 Å². The molecule has 0 aliphatic rings. The van der Waals surface area contributed by atoms with Gasteiger partial charge in [0, 0.05) is 18.1 Å². The highest BCUT2D eigenvalue weighted by Gasteiger charge is 1.97. The zero-order chi connectivity index (χ0) is 28.6. The molecule has 0 saturated heterocycles. The third-order valence-electron chi connectivity index (χ3n) is 5.29. The fourth-order valence-electron chi connectivity index (χ4n) is 3.15. The Balaban J connectivity index is 1.65. The Morgan fingerprint density at radius 1 is 0.450 bits per heavy atom. The van der Waals surface area contributed by atoms with Gasteiger partial charge in [-0.2, -0.15) is 0 Å². The summed E-state index contributed by atoms with van der Waals surface area (Å²) in [5.74, 6) is 1.45. The van der Waals surface area contributed by atoms with Crippen LogP contribution in [0.3, 0.4) is 0 Å². The molecule has 0 atom stereocenters. The number of alkyl halides is 1. The van der Waals surface area contributed by atoms with E-state index in [2.05, 4.69) is 0 Å². The summed E-state index contributed by atoms with van der Waals surface area (Å²) in [5, 5.41) is 0. The summed E-state index contributed by atoms with van der Waals surface area (Å²) in [5.41, 5.74) is 0.621. The number of hydrogen-bond donors (Lipinski definition) is 0. The van der Waals surface area contributed by atoms with Crippen LogP contribution in [0.1, 0.15) is 36.0 Å². The van der Waals surface area contributed by atoms with Crippen LogP contribution in [0.25, 0.3) is 0 Å². The van der Waals surface area contributed by atoms with Crippen LogP contribution in [-0.2, 0) is 37.9 Å². The van der Waals surface area contributed by atoms with E-state index in [-0.39, 0.29) is 0 Å². The second kappa shape index (κ2) is 30.6. The molecule has 0 amide bonds. The van der Waals surface area contributed by atoms with Crippen LogP contribution in [-0.4, -0.2) is 124 Å². The molecule has 0 radical (unpaired) electrons. The molecule has 0 fully saturated rings. The van der Waals surface area contributed by atoms with Gasteiger partial charge in [0.05, 0.1) is 99.1 Å². The van der Waals surface area contributed by atoms with E-state index in [9.17, 15) is 4.79 Å². The van der Waals surface area contributed by atoms with Crippen molar-refractivity contribution in [3.63, 3.8) is 0 Å². The van der Waals surface area contributed by atoms with Crippen LogP contribution >= 0.6 is 11.6 Å². The number of benzene rings is 1. The number of rotatable bonds is 32. The van der Waals surface area contributed by atoms with Crippen molar-refractivity contribution in [3.05, 3.63) is 29.8 Å². The maximum atomic E-state index is 10.6. The Kier molecular flexibility index (Phi) is 28.1. The zero-order valence-corrected chi connectivity index (χ0v) is 24.7. The minimum absolute atomic E-state index is 0.436. The van der Waals surface area contributed by atoms with Crippen molar-refractivity contribution in [2.75, 3.05) is 118 Å². The molecule has 1 rings (SSSR count). The van der Waals surface area contributed by atoms with Gasteiger partial charge in [0.2, 0.25) is 0 Å². The zero-order valence-electron chi connectivity index (χ0n) is 23.9. The molecular formula is C29H49ClO10. The highest BCUT2D eigenvalue weighted by atomic mass is 35.5. The lowest BCUT2D eigenvalue weighted by Gasteiger charge is -2.09. The van der Waals surface area contributed by atoms with Crippen molar-refractivity contribution in [3.8, 4) is 5.75 Å². The number of carbonyl (C=O) groups is 1. The predicted octanol–water partition coefficient (Wildman–Crippen LogP) is 3.81. The summed E-state index contributed by atoms with van der Waals surface area (Å²) in [6, 6.07) is 6.94. The van der Waals surface area contributed by atoms with Crippen molar-refractivity contribution < 1.29 is 47.4 Å². The molecule has 1 aromatic rings. The van der Waals surface area contributed by atoms with E-state index in [0.29, 0.717) is 117 Å². The number of halogens is 1. The van der Waals surface area contributed by atoms with Crippen LogP contribution < -0.4 is 4.74 Å². The molecule has 0 aliphatic carbocycles. The molecule has 10 nitrogen and oxygen atoms in total. The Labute approximate surface area is 244 Å². The monoisotopic (exact) mass is 592 g/mol. The number of hydrogen-bond acceptors (Lipinski definition) is 10. The van der Waals surface area contributed by atoms with Gasteiger partial charge in [-0.25, -0.2) is 0 Å². The van der Waals surface area contributed by atoms with Gasteiger partial charge in [0.25, 0.3) is 0 Å². The topological polar surface area (TPSA) is 100 Å². The molecule has 0 heterocycles. The summed E-state index contributed by atoms with van der Waals surface area (Å²) in [6.45, 7) is 9.07. The summed E-state index contributed by atoms with van der Waals surface area (Å²) in [6.07, 6.45) is 5.30. The van der Waals surface area contributed by atoms with Crippen LogP contribution in [0.15, 0.2) is 24.3 Å². The highest BCUT2D eigenvalue weighted by molar-refractivity contribution is 6.17. The number of unbranched alkanes of at least 4 members (excludes halogenated alkanes) is 3. The van der Waals surface area contributed by atoms with Gasteiger partial charge in [-0.1, -0.05) is 12.8 Å². The summed E-state index contributed by atoms with van der Waals surface area (Å²) in [7, 11) is 0. The van der Waals surface area contributed by atoms with Crippen LogP contribution in [0.5, 0.6) is 5.75 Å². The Hall–Kier alpha value is -1.34. The molecule has 0 N–H and O–H groups in total. The Morgan fingerprint density at radius 2 is 0.800 bits per heavy atom. The van der Waals surface area contributed by atoms with Gasteiger partial charge < -0.3 is 42.6 Å². The fourth-order valence-corrected chi connectivity index (χ4v) is 3.34. The third kappa shape index (κ3) is 25.6. The molecule has 0 spiro atoms. The molecule has 1 aromatic carbocycles. The van der Waals surface area contributed by atoms with Crippen LogP contribution in [0, 0.1) is 0 Å². The lowest BCUT2D eigenvalue weighted by Crippen LogP contribution is -2.15. The maximum absolute atomic E-state index is 10.6. The van der Waals surface area contributed by atoms with Crippen LogP contribution in [0.4, 0.5) is 0 Å². The number of ether oxygens (including phenoxy) is 9. The van der Waals surface area contributed by atoms with Crippen LogP contribution in [0.2, 0.25) is 0 Å². The van der Waals surface area contributed by atoms with E-state index >= 15 is 0 Å². The molecule has 0 aliphatic heterocycles. The van der Waals surface area contributed by atoms with Crippen molar-refractivity contribution in [2.45, 2.75) is 25.7 Å².